The number of aliphatic hydroxyl groups is 2. The number of amides is 1. The summed E-state index contributed by atoms with van der Waals surface area (Å²) in [5.41, 5.74) is 0.198. The average molecular weight is 340 g/mol. The first-order valence-electron chi connectivity index (χ1n) is 5.03. The van der Waals surface area contributed by atoms with Crippen molar-refractivity contribution in [3.8, 4) is 0 Å². The van der Waals surface area contributed by atoms with Gasteiger partial charge in [-0.3, -0.25) is 4.98 Å². The number of pyridine rings is 1. The molecule has 3 N–H and O–H groups in total. The topological polar surface area (TPSA) is 93.9 Å². The minimum atomic E-state index is -1.23. The fourth-order valence-corrected chi connectivity index (χ4v) is 2.11. The molecule has 0 aromatic carbocycles. The molecule has 1 heterocycles. The lowest BCUT2D eigenvalue weighted by molar-refractivity contribution is 0.0854. The van der Waals surface area contributed by atoms with Crippen LogP contribution in [0.4, 0.5) is 4.79 Å². The molecule has 8 heteroatoms. The fourth-order valence-electron chi connectivity index (χ4n) is 1.35. The number of hydrogen-bond donors (Lipinski definition) is 3. The third-order valence-electron chi connectivity index (χ3n) is 2.19. The SMILES string of the molecule is O=C(O)N(CCO)CC(O)c1ncc(Br)cc1Cl. The molecule has 0 aliphatic carbocycles. The molecule has 1 unspecified atom stereocenters. The molecular formula is C10H12BrClN2O4. The van der Waals surface area contributed by atoms with Crippen molar-refractivity contribution >= 4 is 33.6 Å². The van der Waals surface area contributed by atoms with Gasteiger partial charge in [-0.1, -0.05) is 11.6 Å². The summed E-state index contributed by atoms with van der Waals surface area (Å²) in [5.74, 6) is 0. The Labute approximate surface area is 117 Å². The molecule has 100 valence electrons. The number of nitrogens with zero attached hydrogens (tertiary/aromatic N) is 2. The molecule has 0 spiro atoms. The zero-order chi connectivity index (χ0) is 13.7. The molecule has 1 aromatic heterocycles. The minimum absolute atomic E-state index is 0.0828. The van der Waals surface area contributed by atoms with Crippen molar-refractivity contribution in [1.82, 2.24) is 9.88 Å². The summed E-state index contributed by atoms with van der Waals surface area (Å²) in [4.78, 5) is 15.7. The van der Waals surface area contributed by atoms with Crippen molar-refractivity contribution in [3.05, 3.63) is 27.5 Å². The molecule has 18 heavy (non-hydrogen) atoms. The Bertz CT molecular complexity index is 432. The molecule has 0 aliphatic rings. The Morgan fingerprint density at radius 2 is 2.28 bits per heavy atom. The zero-order valence-corrected chi connectivity index (χ0v) is 11.6. The van der Waals surface area contributed by atoms with E-state index < -0.39 is 12.2 Å². The molecule has 0 saturated heterocycles. The Morgan fingerprint density at radius 3 is 2.78 bits per heavy atom. The van der Waals surface area contributed by atoms with Gasteiger partial charge in [0, 0.05) is 17.2 Å². The second kappa shape index (κ2) is 6.89. The van der Waals surface area contributed by atoms with Gasteiger partial charge in [0.2, 0.25) is 0 Å². The predicted molar refractivity (Wildman–Crippen MR) is 68.6 cm³/mol. The van der Waals surface area contributed by atoms with Crippen molar-refractivity contribution in [2.24, 2.45) is 0 Å². The maximum Gasteiger partial charge on any atom is 0.407 e. The highest BCUT2D eigenvalue weighted by atomic mass is 79.9. The molecule has 1 aromatic rings. The van der Waals surface area contributed by atoms with Gasteiger partial charge < -0.3 is 20.2 Å². The molecule has 6 nitrogen and oxygen atoms in total. The van der Waals surface area contributed by atoms with Crippen LogP contribution in [0.2, 0.25) is 5.02 Å². The monoisotopic (exact) mass is 338 g/mol. The lowest BCUT2D eigenvalue weighted by Gasteiger charge is -2.21. The highest BCUT2D eigenvalue weighted by Crippen LogP contribution is 2.24. The van der Waals surface area contributed by atoms with E-state index in [1.807, 2.05) is 0 Å². The van der Waals surface area contributed by atoms with Gasteiger partial charge in [-0.05, 0) is 22.0 Å². The summed E-state index contributed by atoms with van der Waals surface area (Å²) in [6.45, 7) is -0.606. The number of carbonyl (C=O) groups is 1. The molecule has 0 aliphatic heterocycles. The fraction of sp³-hybridized carbons (Fsp3) is 0.400. The van der Waals surface area contributed by atoms with E-state index in [0.717, 1.165) is 4.90 Å². The van der Waals surface area contributed by atoms with Gasteiger partial charge >= 0.3 is 6.09 Å². The number of aliphatic hydroxyl groups excluding tert-OH is 2. The Kier molecular flexibility index (Phi) is 5.80. The van der Waals surface area contributed by atoms with E-state index in [-0.39, 0.29) is 30.4 Å². The molecule has 0 bridgehead atoms. The molecule has 0 fully saturated rings. The number of carboxylic acid groups (broad SMARTS) is 1. The van der Waals surface area contributed by atoms with E-state index in [9.17, 15) is 9.90 Å². The van der Waals surface area contributed by atoms with Gasteiger partial charge in [0.15, 0.2) is 0 Å². The van der Waals surface area contributed by atoms with Crippen LogP contribution < -0.4 is 0 Å². The third kappa shape index (κ3) is 4.09. The van der Waals surface area contributed by atoms with Crippen molar-refractivity contribution in [2.75, 3.05) is 19.7 Å². The lowest BCUT2D eigenvalue weighted by atomic mass is 10.2. The molecule has 1 amide bonds. The van der Waals surface area contributed by atoms with Crippen LogP contribution in [0.5, 0.6) is 0 Å². The van der Waals surface area contributed by atoms with Crippen LogP contribution in [0.25, 0.3) is 0 Å². The quantitative estimate of drug-likeness (QED) is 0.756. The standard InChI is InChI=1S/C10H12BrClN2O4/c11-6-3-7(12)9(13-4-6)8(16)5-14(1-2-15)10(17)18/h3-4,8,15-16H,1-2,5H2,(H,17,18). The third-order valence-corrected chi connectivity index (χ3v) is 2.92. The second-order valence-electron chi connectivity index (χ2n) is 3.49. The molecule has 0 saturated carbocycles. The summed E-state index contributed by atoms with van der Waals surface area (Å²) >= 11 is 9.07. The van der Waals surface area contributed by atoms with Gasteiger partial charge in [-0.25, -0.2) is 4.79 Å². The minimum Gasteiger partial charge on any atom is -0.465 e. The van der Waals surface area contributed by atoms with Gasteiger partial charge in [-0.15, -0.1) is 0 Å². The van der Waals surface area contributed by atoms with Crippen molar-refractivity contribution in [3.63, 3.8) is 0 Å². The Hall–Kier alpha value is -0.890. The van der Waals surface area contributed by atoms with Crippen molar-refractivity contribution in [1.29, 1.82) is 0 Å². The highest BCUT2D eigenvalue weighted by Gasteiger charge is 2.20. The van der Waals surface area contributed by atoms with Gasteiger partial charge in [-0.2, -0.15) is 0 Å². The summed E-state index contributed by atoms with van der Waals surface area (Å²) in [5, 5.41) is 27.7. The van der Waals surface area contributed by atoms with Crippen LogP contribution in [-0.2, 0) is 0 Å². The smallest absolute Gasteiger partial charge is 0.407 e. The van der Waals surface area contributed by atoms with E-state index in [2.05, 4.69) is 20.9 Å². The number of aromatic nitrogens is 1. The first-order chi connectivity index (χ1) is 8.45. The summed E-state index contributed by atoms with van der Waals surface area (Å²) < 4.78 is 0.661. The second-order valence-corrected chi connectivity index (χ2v) is 4.81. The number of hydrogen-bond acceptors (Lipinski definition) is 4. The maximum atomic E-state index is 10.8. The van der Waals surface area contributed by atoms with E-state index in [0.29, 0.717) is 4.47 Å². The van der Waals surface area contributed by atoms with E-state index >= 15 is 0 Å². The van der Waals surface area contributed by atoms with Gasteiger partial charge in [0.1, 0.15) is 6.10 Å². The zero-order valence-electron chi connectivity index (χ0n) is 9.25. The van der Waals surface area contributed by atoms with Gasteiger partial charge in [0.25, 0.3) is 0 Å². The van der Waals surface area contributed by atoms with Crippen molar-refractivity contribution < 1.29 is 20.1 Å². The molecule has 1 atom stereocenters. The van der Waals surface area contributed by atoms with Crippen LogP contribution in [-0.4, -0.2) is 51.0 Å². The van der Waals surface area contributed by atoms with E-state index in [1.165, 1.54) is 6.20 Å². The molecule has 1 rings (SSSR count). The first kappa shape index (κ1) is 15.2. The van der Waals surface area contributed by atoms with E-state index in [4.69, 9.17) is 21.8 Å². The number of rotatable bonds is 5. The van der Waals surface area contributed by atoms with Crippen LogP contribution in [0.3, 0.4) is 0 Å². The summed E-state index contributed by atoms with van der Waals surface area (Å²) in [7, 11) is 0. The summed E-state index contributed by atoms with van der Waals surface area (Å²) in [6, 6.07) is 1.56. The van der Waals surface area contributed by atoms with Crippen LogP contribution >= 0.6 is 27.5 Å². The van der Waals surface area contributed by atoms with Crippen molar-refractivity contribution in [2.45, 2.75) is 6.10 Å². The molecule has 0 radical (unpaired) electrons. The first-order valence-corrected chi connectivity index (χ1v) is 6.20. The van der Waals surface area contributed by atoms with Crippen LogP contribution in [0, 0.1) is 0 Å². The van der Waals surface area contributed by atoms with Crippen LogP contribution in [0.1, 0.15) is 11.8 Å². The highest BCUT2D eigenvalue weighted by molar-refractivity contribution is 9.10. The van der Waals surface area contributed by atoms with Crippen LogP contribution in [0.15, 0.2) is 16.7 Å². The summed E-state index contributed by atoms with van der Waals surface area (Å²) in [6.07, 6.45) is -0.911. The predicted octanol–water partition coefficient (Wildman–Crippen LogP) is 1.50. The average Bonchev–Trinajstić information content (AvgIpc) is 2.27. The number of halogens is 2. The normalized spacial score (nSPS) is 12.2. The van der Waals surface area contributed by atoms with Gasteiger partial charge in [0.05, 0.1) is 23.9 Å². The Morgan fingerprint density at radius 1 is 1.61 bits per heavy atom. The Balaban J connectivity index is 2.80. The maximum absolute atomic E-state index is 10.8. The lowest BCUT2D eigenvalue weighted by Crippen LogP contribution is -2.36. The largest absolute Gasteiger partial charge is 0.465 e. The molecular weight excluding hydrogens is 327 g/mol. The van der Waals surface area contributed by atoms with E-state index in [1.54, 1.807) is 6.07 Å².